The number of carbonyl (C=O) groups is 4. The Labute approximate surface area is 226 Å². The van der Waals surface area contributed by atoms with E-state index in [2.05, 4.69) is 10.2 Å². The number of aliphatic hydroxyl groups excluding tert-OH is 2. The van der Waals surface area contributed by atoms with Crippen LogP contribution in [0, 0.1) is 0 Å². The highest BCUT2D eigenvalue weighted by Crippen LogP contribution is 2.51. The number of Topliss-reactive ketones (excluding diaryl/α,β-unsaturated/α-hetero) is 1. The third kappa shape index (κ3) is 5.83. The van der Waals surface area contributed by atoms with E-state index in [-0.39, 0.29) is 43.2 Å². The maximum absolute atomic E-state index is 13.3. The lowest BCUT2D eigenvalue weighted by Gasteiger charge is -2.41. The van der Waals surface area contributed by atoms with Gasteiger partial charge in [0.2, 0.25) is 11.7 Å². The van der Waals surface area contributed by atoms with Crippen LogP contribution in [0.3, 0.4) is 0 Å². The Morgan fingerprint density at radius 2 is 2.00 bits per heavy atom. The summed E-state index contributed by atoms with van der Waals surface area (Å²) in [6.45, 7) is 4.33. The van der Waals surface area contributed by atoms with Crippen molar-refractivity contribution in [2.45, 2.75) is 37.5 Å². The standard InChI is InChI=1S/C27H35N3O9/c1-3-20(33)27(36)30(6-5-29-7-10-38-11-8-29)19-14-18(26(35)28-4-9-31)22-17-12-16(15-32)13-21(37-2)24(17)39-25(22)23(19)34/h12-15,19,22-23,25,31,34H,3-11H2,1-2H3,(H,28,35)/t19-,22+,23+,25+/m1/s1. The number of benzene rings is 1. The molecular weight excluding hydrogens is 510 g/mol. The van der Waals surface area contributed by atoms with E-state index in [0.29, 0.717) is 50.3 Å². The van der Waals surface area contributed by atoms with E-state index in [9.17, 15) is 29.4 Å². The molecule has 0 spiro atoms. The van der Waals surface area contributed by atoms with Gasteiger partial charge in [0.25, 0.3) is 5.91 Å². The number of aliphatic hydroxyl groups is 2. The van der Waals surface area contributed by atoms with Crippen molar-refractivity contribution in [3.8, 4) is 11.5 Å². The van der Waals surface area contributed by atoms with Crippen LogP contribution in [0.2, 0.25) is 0 Å². The van der Waals surface area contributed by atoms with Crippen molar-refractivity contribution in [3.63, 3.8) is 0 Å². The first-order valence-corrected chi connectivity index (χ1v) is 13.1. The van der Waals surface area contributed by atoms with E-state index < -0.39 is 41.8 Å². The molecule has 0 aromatic heterocycles. The van der Waals surface area contributed by atoms with Crippen molar-refractivity contribution in [2.75, 3.05) is 59.7 Å². The SMILES string of the molecule is CCC(=O)C(=O)N(CCN1CCOCC1)[C@@H]1C=C(C(=O)NCCO)[C@@H]2c3cc(C=O)cc(OC)c3O[C@@H]2[C@H]1O. The van der Waals surface area contributed by atoms with Gasteiger partial charge < -0.3 is 34.6 Å². The molecule has 3 N–H and O–H groups in total. The Morgan fingerprint density at radius 1 is 1.26 bits per heavy atom. The molecule has 2 amide bonds. The fourth-order valence-electron chi connectivity index (χ4n) is 5.33. The van der Waals surface area contributed by atoms with Crippen LogP contribution in [0.1, 0.15) is 35.2 Å². The Hall–Kier alpha value is -3.32. The minimum atomic E-state index is -1.31. The maximum Gasteiger partial charge on any atom is 0.290 e. The average Bonchev–Trinajstić information content (AvgIpc) is 3.36. The largest absolute Gasteiger partial charge is 0.493 e. The average molecular weight is 546 g/mol. The summed E-state index contributed by atoms with van der Waals surface area (Å²) < 4.78 is 17.0. The Bertz CT molecular complexity index is 1130. The molecule has 12 nitrogen and oxygen atoms in total. The minimum absolute atomic E-state index is 0.0110. The third-order valence-electron chi connectivity index (χ3n) is 7.35. The van der Waals surface area contributed by atoms with Crippen molar-refractivity contribution in [1.29, 1.82) is 0 Å². The summed E-state index contributed by atoms with van der Waals surface area (Å²) in [7, 11) is 1.42. The van der Waals surface area contributed by atoms with Gasteiger partial charge >= 0.3 is 0 Å². The molecule has 1 aromatic rings. The number of aldehydes is 1. The van der Waals surface area contributed by atoms with Gasteiger partial charge in [-0.2, -0.15) is 0 Å². The summed E-state index contributed by atoms with van der Waals surface area (Å²) in [6.07, 6.45) is -0.175. The number of fused-ring (bicyclic) bond motifs is 3. The van der Waals surface area contributed by atoms with Crippen LogP contribution in [-0.4, -0.2) is 122 Å². The molecule has 1 aromatic carbocycles. The predicted octanol–water partition coefficient (Wildman–Crippen LogP) is -0.730. The Morgan fingerprint density at radius 3 is 2.64 bits per heavy atom. The number of rotatable bonds is 11. The lowest BCUT2D eigenvalue weighted by molar-refractivity contribution is -0.148. The fraction of sp³-hybridized carbons (Fsp3) is 0.556. The van der Waals surface area contributed by atoms with Gasteiger partial charge in [0.15, 0.2) is 11.5 Å². The summed E-state index contributed by atoms with van der Waals surface area (Å²) in [5, 5.41) is 23.5. The Balaban J connectivity index is 1.76. The highest BCUT2D eigenvalue weighted by molar-refractivity contribution is 6.36. The van der Waals surface area contributed by atoms with Crippen LogP contribution in [0.25, 0.3) is 0 Å². The van der Waals surface area contributed by atoms with Gasteiger partial charge in [-0.3, -0.25) is 24.1 Å². The normalized spacial score (nSPS) is 24.1. The molecular formula is C27H35N3O9. The summed E-state index contributed by atoms with van der Waals surface area (Å²) in [4.78, 5) is 54.2. The molecule has 4 rings (SSSR count). The van der Waals surface area contributed by atoms with Crippen molar-refractivity contribution in [1.82, 2.24) is 15.1 Å². The quantitative estimate of drug-likeness (QED) is 0.239. The zero-order valence-corrected chi connectivity index (χ0v) is 22.1. The molecule has 4 atom stereocenters. The number of morpholine rings is 1. The third-order valence-corrected chi connectivity index (χ3v) is 7.35. The molecule has 1 aliphatic carbocycles. The summed E-state index contributed by atoms with van der Waals surface area (Å²) in [5.41, 5.74) is 0.985. The van der Waals surface area contributed by atoms with Crippen molar-refractivity contribution in [3.05, 3.63) is 34.9 Å². The second-order valence-corrected chi connectivity index (χ2v) is 9.63. The number of amides is 2. The van der Waals surface area contributed by atoms with E-state index in [1.54, 1.807) is 13.0 Å². The Kier molecular flexibility index (Phi) is 9.33. The van der Waals surface area contributed by atoms with Gasteiger partial charge in [-0.15, -0.1) is 0 Å². The smallest absolute Gasteiger partial charge is 0.290 e. The molecule has 0 bridgehead atoms. The van der Waals surface area contributed by atoms with Gasteiger partial charge in [-0.05, 0) is 18.2 Å². The van der Waals surface area contributed by atoms with Gasteiger partial charge in [0.1, 0.15) is 18.5 Å². The van der Waals surface area contributed by atoms with Crippen molar-refractivity contribution >= 4 is 23.9 Å². The molecule has 0 unspecified atom stereocenters. The van der Waals surface area contributed by atoms with Crippen LogP contribution in [0.4, 0.5) is 0 Å². The molecule has 39 heavy (non-hydrogen) atoms. The van der Waals surface area contributed by atoms with Crippen LogP contribution < -0.4 is 14.8 Å². The molecule has 1 saturated heterocycles. The highest BCUT2D eigenvalue weighted by atomic mass is 16.5. The first-order chi connectivity index (χ1) is 18.8. The van der Waals surface area contributed by atoms with Crippen molar-refractivity contribution in [2.24, 2.45) is 0 Å². The fourth-order valence-corrected chi connectivity index (χ4v) is 5.33. The molecule has 2 heterocycles. The molecule has 0 radical (unpaired) electrons. The second-order valence-electron chi connectivity index (χ2n) is 9.63. The van der Waals surface area contributed by atoms with Crippen LogP contribution in [0.5, 0.6) is 11.5 Å². The summed E-state index contributed by atoms with van der Waals surface area (Å²) in [5.74, 6) is -2.12. The summed E-state index contributed by atoms with van der Waals surface area (Å²) in [6, 6.07) is 2.04. The van der Waals surface area contributed by atoms with Crippen LogP contribution in [-0.2, 0) is 19.1 Å². The number of carbonyl (C=O) groups excluding carboxylic acids is 4. The monoisotopic (exact) mass is 545 g/mol. The maximum atomic E-state index is 13.3. The zero-order valence-electron chi connectivity index (χ0n) is 22.1. The van der Waals surface area contributed by atoms with Crippen LogP contribution in [0.15, 0.2) is 23.8 Å². The molecule has 212 valence electrons. The number of nitrogens with zero attached hydrogens (tertiary/aromatic N) is 2. The van der Waals surface area contributed by atoms with E-state index in [1.807, 2.05) is 0 Å². The summed E-state index contributed by atoms with van der Waals surface area (Å²) >= 11 is 0. The van der Waals surface area contributed by atoms with Gasteiger partial charge in [-0.1, -0.05) is 6.92 Å². The van der Waals surface area contributed by atoms with Gasteiger partial charge in [0.05, 0.1) is 38.9 Å². The van der Waals surface area contributed by atoms with Crippen molar-refractivity contribution < 1.29 is 43.6 Å². The molecule has 3 aliphatic rings. The van der Waals surface area contributed by atoms with Crippen LogP contribution >= 0.6 is 0 Å². The van der Waals surface area contributed by atoms with E-state index in [1.165, 1.54) is 24.2 Å². The topological polar surface area (TPSA) is 155 Å². The van der Waals surface area contributed by atoms with Gasteiger partial charge in [-0.25, -0.2) is 0 Å². The van der Waals surface area contributed by atoms with E-state index in [4.69, 9.17) is 14.2 Å². The predicted molar refractivity (Wildman–Crippen MR) is 138 cm³/mol. The first-order valence-electron chi connectivity index (χ1n) is 13.1. The first kappa shape index (κ1) is 28.7. The van der Waals surface area contributed by atoms with E-state index >= 15 is 0 Å². The van der Waals surface area contributed by atoms with Gasteiger partial charge in [0, 0.05) is 55.8 Å². The highest BCUT2D eigenvalue weighted by Gasteiger charge is 2.51. The lowest BCUT2D eigenvalue weighted by atomic mass is 9.77. The zero-order chi connectivity index (χ0) is 28.1. The van der Waals surface area contributed by atoms with E-state index in [0.717, 1.165) is 0 Å². The number of ether oxygens (including phenoxy) is 3. The number of nitrogens with one attached hydrogen (secondary N) is 1. The molecule has 2 aliphatic heterocycles. The number of ketones is 1. The number of hydrogen-bond donors (Lipinski definition) is 3. The molecule has 1 fully saturated rings. The number of hydrogen-bond acceptors (Lipinski definition) is 10. The lowest BCUT2D eigenvalue weighted by Crippen LogP contribution is -2.58. The second kappa shape index (κ2) is 12.7. The molecule has 12 heteroatoms. The molecule has 0 saturated carbocycles. The minimum Gasteiger partial charge on any atom is -0.493 e. The number of methoxy groups -OCH3 is 1.